The van der Waals surface area contributed by atoms with Crippen molar-refractivity contribution >= 4 is 21.7 Å². The second-order valence-corrected chi connectivity index (χ2v) is 6.43. The maximum atomic E-state index is 10.4. The first-order valence-corrected chi connectivity index (χ1v) is 8.36. The van der Waals surface area contributed by atoms with Crippen LogP contribution in [0.3, 0.4) is 0 Å². The summed E-state index contributed by atoms with van der Waals surface area (Å²) in [6.45, 7) is 3.89. The maximum absolute atomic E-state index is 10.4. The van der Waals surface area contributed by atoms with E-state index in [9.17, 15) is 4.79 Å². The van der Waals surface area contributed by atoms with Crippen molar-refractivity contribution in [3.05, 3.63) is 29.3 Å². The van der Waals surface area contributed by atoms with Gasteiger partial charge in [-0.25, -0.2) is 0 Å². The number of rotatable bonds is 7. The van der Waals surface area contributed by atoms with Crippen LogP contribution in [0.4, 0.5) is 0 Å². The normalized spacial score (nSPS) is 10.9. The minimum absolute atomic E-state index is 0.276. The molecule has 1 aromatic rings. The predicted octanol–water partition coefficient (Wildman–Crippen LogP) is 2.49. The van der Waals surface area contributed by atoms with Gasteiger partial charge in [-0.3, -0.25) is 0 Å². The number of hydrogen-bond donors (Lipinski definition) is 1. The predicted molar refractivity (Wildman–Crippen MR) is 68.9 cm³/mol. The fraction of sp³-hybridized carbons (Fsp3) is 0.462. The average Bonchev–Trinajstić information content (AvgIpc) is 2.28. The van der Waals surface area contributed by atoms with E-state index in [0.29, 0.717) is 21.5 Å². The van der Waals surface area contributed by atoms with Crippen LogP contribution in [0.25, 0.3) is 0 Å². The van der Waals surface area contributed by atoms with Gasteiger partial charge in [0.1, 0.15) is 0 Å². The van der Waals surface area contributed by atoms with Crippen molar-refractivity contribution in [2.24, 2.45) is 0 Å². The molecule has 1 N–H and O–H groups in total. The number of aliphatic carboxylic acids is 1. The van der Waals surface area contributed by atoms with Gasteiger partial charge >= 0.3 is 109 Å². The zero-order valence-corrected chi connectivity index (χ0v) is 12.1. The Morgan fingerprint density at radius 1 is 1.47 bits per heavy atom. The molecule has 0 aliphatic rings. The van der Waals surface area contributed by atoms with E-state index in [1.165, 1.54) is 22.4 Å². The number of aryl methyl sites for hydroxylation is 1. The standard InChI is InChI=1S/C13H18AsO3/c1-3-6-14-8-11-4-5-12(10(2)7-11)17-9-13(15)16/h4-5,7H,3,6,8-9H2,1-2H3,(H,15,16). The summed E-state index contributed by atoms with van der Waals surface area (Å²) in [5.41, 5.74) is 2.35. The van der Waals surface area contributed by atoms with E-state index in [1.54, 1.807) is 0 Å². The molecule has 1 aromatic carbocycles. The quantitative estimate of drug-likeness (QED) is 0.621. The molecule has 0 heterocycles. The van der Waals surface area contributed by atoms with E-state index < -0.39 is 5.97 Å². The van der Waals surface area contributed by atoms with E-state index in [0.717, 1.165) is 5.56 Å². The van der Waals surface area contributed by atoms with Crippen molar-refractivity contribution in [1.29, 1.82) is 0 Å². The van der Waals surface area contributed by atoms with Crippen LogP contribution in [0.15, 0.2) is 18.2 Å². The molecule has 0 aromatic heterocycles. The van der Waals surface area contributed by atoms with E-state index >= 15 is 0 Å². The third-order valence-corrected chi connectivity index (χ3v) is 5.10. The summed E-state index contributed by atoms with van der Waals surface area (Å²) >= 11 is 0.407. The van der Waals surface area contributed by atoms with E-state index in [4.69, 9.17) is 9.84 Å². The third-order valence-electron chi connectivity index (χ3n) is 2.27. The molecule has 0 amide bonds. The SMILES string of the molecule is CCC[As]Cc1ccc(OCC(=O)O)c(C)c1. The molecule has 0 fully saturated rings. The minimum atomic E-state index is -0.943. The first-order valence-electron chi connectivity index (χ1n) is 5.71. The van der Waals surface area contributed by atoms with Gasteiger partial charge in [-0.15, -0.1) is 0 Å². The summed E-state index contributed by atoms with van der Waals surface area (Å²) in [4.78, 5) is 10.4. The number of carbonyl (C=O) groups is 1. The molecular formula is C13H18AsO3. The van der Waals surface area contributed by atoms with Crippen LogP contribution >= 0.6 is 0 Å². The zero-order valence-electron chi connectivity index (χ0n) is 10.3. The van der Waals surface area contributed by atoms with Crippen LogP contribution in [-0.4, -0.2) is 33.4 Å². The molecule has 0 saturated carbocycles. The first-order chi connectivity index (χ1) is 8.13. The van der Waals surface area contributed by atoms with Gasteiger partial charge in [0.05, 0.1) is 0 Å². The summed E-state index contributed by atoms with van der Waals surface area (Å²) in [6.07, 6.45) is 1.26. The zero-order chi connectivity index (χ0) is 12.7. The van der Waals surface area contributed by atoms with Gasteiger partial charge in [-0.1, -0.05) is 0 Å². The number of carboxylic acid groups (broad SMARTS) is 1. The molecule has 1 rings (SSSR count). The van der Waals surface area contributed by atoms with Crippen molar-refractivity contribution < 1.29 is 14.6 Å². The van der Waals surface area contributed by atoms with E-state index in [-0.39, 0.29) is 6.61 Å². The van der Waals surface area contributed by atoms with Gasteiger partial charge in [0.25, 0.3) is 0 Å². The third kappa shape index (κ3) is 5.27. The summed E-state index contributed by atoms with van der Waals surface area (Å²) in [7, 11) is 0. The summed E-state index contributed by atoms with van der Waals surface area (Å²) in [5, 5.41) is 11.1. The first kappa shape index (κ1) is 14.1. The molecule has 0 saturated heterocycles. The van der Waals surface area contributed by atoms with Gasteiger partial charge in [-0.05, 0) is 0 Å². The Labute approximate surface area is 109 Å². The topological polar surface area (TPSA) is 46.5 Å². The van der Waals surface area contributed by atoms with Crippen LogP contribution in [0.2, 0.25) is 5.21 Å². The molecule has 0 spiro atoms. The fourth-order valence-electron chi connectivity index (χ4n) is 1.48. The Balaban J connectivity index is 2.56. The molecule has 0 atom stereocenters. The van der Waals surface area contributed by atoms with E-state index in [2.05, 4.69) is 13.0 Å². The monoisotopic (exact) mass is 297 g/mol. The van der Waals surface area contributed by atoms with Crippen LogP contribution in [0, 0.1) is 6.92 Å². The van der Waals surface area contributed by atoms with Crippen molar-refractivity contribution in [2.45, 2.75) is 30.7 Å². The van der Waals surface area contributed by atoms with Crippen LogP contribution in [-0.2, 0) is 10.0 Å². The van der Waals surface area contributed by atoms with Crippen molar-refractivity contribution in [3.8, 4) is 5.75 Å². The Bertz CT molecular complexity index is 377. The molecule has 17 heavy (non-hydrogen) atoms. The van der Waals surface area contributed by atoms with Crippen LogP contribution in [0.5, 0.6) is 5.75 Å². The van der Waals surface area contributed by atoms with Crippen molar-refractivity contribution in [1.82, 2.24) is 0 Å². The van der Waals surface area contributed by atoms with E-state index in [1.807, 2.05) is 19.1 Å². The van der Waals surface area contributed by atoms with Gasteiger partial charge in [0, 0.05) is 0 Å². The second-order valence-electron chi connectivity index (χ2n) is 3.89. The van der Waals surface area contributed by atoms with Crippen LogP contribution in [0.1, 0.15) is 24.5 Å². The van der Waals surface area contributed by atoms with Gasteiger partial charge in [0.2, 0.25) is 0 Å². The van der Waals surface area contributed by atoms with Gasteiger partial charge in [-0.2, -0.15) is 0 Å². The molecule has 3 nitrogen and oxygen atoms in total. The number of benzene rings is 1. The summed E-state index contributed by atoms with van der Waals surface area (Å²) < 4.78 is 5.19. The fourth-order valence-corrected chi connectivity index (χ4v) is 3.43. The molecule has 0 unspecified atom stereocenters. The van der Waals surface area contributed by atoms with Crippen molar-refractivity contribution in [3.63, 3.8) is 0 Å². The summed E-state index contributed by atoms with van der Waals surface area (Å²) in [6, 6.07) is 6.01. The Hall–Kier alpha value is -0.952. The molecular weight excluding hydrogens is 279 g/mol. The number of carboxylic acids is 1. The Morgan fingerprint density at radius 3 is 2.82 bits per heavy atom. The number of ether oxygens (including phenoxy) is 1. The second kappa shape index (κ2) is 7.39. The average molecular weight is 297 g/mol. The van der Waals surface area contributed by atoms with Gasteiger partial charge in [0.15, 0.2) is 0 Å². The Morgan fingerprint density at radius 2 is 2.24 bits per heavy atom. The number of hydrogen-bond acceptors (Lipinski definition) is 2. The Kier molecular flexibility index (Phi) is 6.13. The molecule has 93 valence electrons. The molecule has 0 aliphatic heterocycles. The van der Waals surface area contributed by atoms with Gasteiger partial charge < -0.3 is 0 Å². The van der Waals surface area contributed by atoms with Crippen LogP contribution < -0.4 is 4.74 Å². The molecule has 0 aliphatic carbocycles. The molecule has 1 radical (unpaired) electrons. The molecule has 4 heteroatoms. The summed E-state index contributed by atoms with van der Waals surface area (Å²) in [5.74, 6) is -0.274. The molecule has 0 bridgehead atoms. The van der Waals surface area contributed by atoms with Crippen molar-refractivity contribution in [2.75, 3.05) is 6.61 Å².